The summed E-state index contributed by atoms with van der Waals surface area (Å²) in [7, 11) is 4.24. The third-order valence-electron chi connectivity index (χ3n) is 4.28. The second-order valence-electron chi connectivity index (χ2n) is 6.06. The molecule has 0 aromatic heterocycles. The Morgan fingerprint density at radius 1 is 1.35 bits per heavy atom. The van der Waals surface area contributed by atoms with E-state index in [2.05, 4.69) is 23.9 Å². The highest BCUT2D eigenvalue weighted by atomic mass is 19.1. The normalized spacial score (nSPS) is 22.9. The topological polar surface area (TPSA) is 26.7 Å². The van der Waals surface area contributed by atoms with Crippen LogP contribution in [0.25, 0.3) is 0 Å². The minimum Gasteiger partial charge on any atom is -0.393 e. The van der Waals surface area contributed by atoms with Gasteiger partial charge in [-0.2, -0.15) is 0 Å². The first kappa shape index (κ1) is 15.4. The molecule has 0 spiro atoms. The van der Waals surface area contributed by atoms with E-state index in [0.717, 1.165) is 37.2 Å². The van der Waals surface area contributed by atoms with Crippen molar-refractivity contribution >= 4 is 0 Å². The van der Waals surface area contributed by atoms with Crippen molar-refractivity contribution in [3.05, 3.63) is 35.1 Å². The molecule has 0 amide bonds. The lowest BCUT2D eigenvalue weighted by Gasteiger charge is -2.38. The molecule has 20 heavy (non-hydrogen) atoms. The van der Waals surface area contributed by atoms with E-state index in [4.69, 9.17) is 0 Å². The number of aliphatic hydroxyl groups excluding tert-OH is 1. The molecule has 112 valence electrons. The number of rotatable bonds is 4. The average Bonchev–Trinajstić information content (AvgIpc) is 2.37. The molecule has 0 radical (unpaired) electrons. The van der Waals surface area contributed by atoms with E-state index in [1.54, 1.807) is 6.07 Å². The smallest absolute Gasteiger partial charge is 0.123 e. The number of aryl methyl sites for hydroxylation is 1. The second-order valence-corrected chi connectivity index (χ2v) is 6.06. The van der Waals surface area contributed by atoms with Crippen LogP contribution in [0.1, 0.15) is 17.5 Å². The van der Waals surface area contributed by atoms with Crippen LogP contribution in [0.15, 0.2) is 18.2 Å². The van der Waals surface area contributed by atoms with Gasteiger partial charge in [0.15, 0.2) is 0 Å². The lowest BCUT2D eigenvalue weighted by Crippen LogP contribution is -2.51. The van der Waals surface area contributed by atoms with Crippen LogP contribution in [0, 0.1) is 12.7 Å². The van der Waals surface area contributed by atoms with Gasteiger partial charge in [-0.15, -0.1) is 0 Å². The molecule has 0 aliphatic carbocycles. The summed E-state index contributed by atoms with van der Waals surface area (Å²) >= 11 is 0. The Morgan fingerprint density at radius 2 is 2.10 bits per heavy atom. The summed E-state index contributed by atoms with van der Waals surface area (Å²) in [5, 5.41) is 10.3. The number of hydrogen-bond donors (Lipinski definition) is 1. The molecular weight excluding hydrogens is 255 g/mol. The first-order chi connectivity index (χ1) is 9.45. The number of likely N-dealkylation sites (N-methyl/N-ethyl adjacent to an activating group) is 2. The maximum absolute atomic E-state index is 13.1. The highest BCUT2D eigenvalue weighted by Crippen LogP contribution is 2.17. The zero-order valence-electron chi connectivity index (χ0n) is 12.6. The minimum atomic E-state index is -0.377. The van der Waals surface area contributed by atoms with Crippen molar-refractivity contribution in [2.24, 2.45) is 0 Å². The van der Waals surface area contributed by atoms with Gasteiger partial charge in [0.25, 0.3) is 0 Å². The molecular formula is C16H25FN2O. The van der Waals surface area contributed by atoms with E-state index in [-0.39, 0.29) is 11.9 Å². The number of hydrogen-bond acceptors (Lipinski definition) is 3. The molecule has 1 fully saturated rings. The molecule has 2 rings (SSSR count). The Hall–Kier alpha value is -0.970. The molecule has 3 nitrogen and oxygen atoms in total. The van der Waals surface area contributed by atoms with Crippen LogP contribution in [0.4, 0.5) is 4.39 Å². The van der Waals surface area contributed by atoms with Crippen LogP contribution in [-0.4, -0.2) is 60.8 Å². The van der Waals surface area contributed by atoms with Crippen molar-refractivity contribution < 1.29 is 9.50 Å². The number of nitrogens with zero attached hydrogens (tertiary/aromatic N) is 2. The molecule has 0 saturated carbocycles. The van der Waals surface area contributed by atoms with Gasteiger partial charge in [-0.1, -0.05) is 6.07 Å². The maximum Gasteiger partial charge on any atom is 0.123 e. The van der Waals surface area contributed by atoms with Crippen molar-refractivity contribution in [3.8, 4) is 0 Å². The second kappa shape index (κ2) is 6.66. The van der Waals surface area contributed by atoms with E-state index in [9.17, 15) is 9.50 Å². The first-order valence-electron chi connectivity index (χ1n) is 7.27. The molecule has 4 heteroatoms. The molecule has 1 saturated heterocycles. The molecule has 1 aromatic carbocycles. The lowest BCUT2D eigenvalue weighted by molar-refractivity contribution is 0.0638. The Balaban J connectivity index is 1.93. The van der Waals surface area contributed by atoms with Gasteiger partial charge >= 0.3 is 0 Å². The van der Waals surface area contributed by atoms with Crippen LogP contribution in [0.2, 0.25) is 0 Å². The Bertz CT molecular complexity index is 452. The largest absolute Gasteiger partial charge is 0.393 e. The zero-order chi connectivity index (χ0) is 14.7. The summed E-state index contributed by atoms with van der Waals surface area (Å²) in [4.78, 5) is 4.63. The van der Waals surface area contributed by atoms with Crippen molar-refractivity contribution in [2.75, 3.05) is 33.7 Å². The van der Waals surface area contributed by atoms with E-state index in [0.29, 0.717) is 12.5 Å². The molecule has 1 N–H and O–H groups in total. The van der Waals surface area contributed by atoms with Gasteiger partial charge in [0.05, 0.1) is 6.10 Å². The standard InChI is InChI=1S/C16H25FN2O/c1-12-8-14(17)5-4-13(12)9-16(20)10-15-11-18(2)6-7-19(15)3/h4-5,8,15-16,20H,6-7,9-11H2,1-3H3. The third kappa shape index (κ3) is 4.01. The number of benzene rings is 1. The van der Waals surface area contributed by atoms with Crippen molar-refractivity contribution in [2.45, 2.75) is 31.9 Å². The first-order valence-corrected chi connectivity index (χ1v) is 7.27. The van der Waals surface area contributed by atoms with Crippen LogP contribution < -0.4 is 0 Å². The van der Waals surface area contributed by atoms with Gasteiger partial charge < -0.3 is 14.9 Å². The molecule has 2 atom stereocenters. The quantitative estimate of drug-likeness (QED) is 0.909. The summed E-state index contributed by atoms with van der Waals surface area (Å²) in [6.45, 7) is 5.02. The van der Waals surface area contributed by atoms with Crippen LogP contribution in [-0.2, 0) is 6.42 Å². The van der Waals surface area contributed by atoms with E-state index >= 15 is 0 Å². The molecule has 1 aromatic rings. The fourth-order valence-corrected chi connectivity index (χ4v) is 2.90. The maximum atomic E-state index is 13.1. The third-order valence-corrected chi connectivity index (χ3v) is 4.28. The zero-order valence-corrected chi connectivity index (χ0v) is 12.6. The van der Waals surface area contributed by atoms with Crippen molar-refractivity contribution in [1.29, 1.82) is 0 Å². The van der Waals surface area contributed by atoms with Gasteiger partial charge in [-0.05, 0) is 57.1 Å². The predicted octanol–water partition coefficient (Wildman–Crippen LogP) is 1.67. The molecule has 1 aliphatic rings. The summed E-state index contributed by atoms with van der Waals surface area (Å²) in [5.41, 5.74) is 1.95. The summed E-state index contributed by atoms with van der Waals surface area (Å²) in [6, 6.07) is 5.17. The SMILES string of the molecule is Cc1cc(F)ccc1CC(O)CC1CN(C)CCN1C. The summed E-state index contributed by atoms with van der Waals surface area (Å²) in [6.07, 6.45) is 0.982. The lowest BCUT2D eigenvalue weighted by atomic mass is 9.97. The summed E-state index contributed by atoms with van der Waals surface area (Å²) in [5.74, 6) is -0.214. The minimum absolute atomic E-state index is 0.214. The van der Waals surface area contributed by atoms with Crippen LogP contribution in [0.5, 0.6) is 0 Å². The van der Waals surface area contributed by atoms with Crippen LogP contribution >= 0.6 is 0 Å². The van der Waals surface area contributed by atoms with Crippen molar-refractivity contribution in [1.82, 2.24) is 9.80 Å². The van der Waals surface area contributed by atoms with Gasteiger partial charge in [0.2, 0.25) is 0 Å². The highest BCUT2D eigenvalue weighted by molar-refractivity contribution is 5.27. The molecule has 0 bridgehead atoms. The molecule has 1 heterocycles. The fourth-order valence-electron chi connectivity index (χ4n) is 2.90. The monoisotopic (exact) mass is 280 g/mol. The number of halogens is 1. The average molecular weight is 280 g/mol. The van der Waals surface area contributed by atoms with E-state index in [1.807, 2.05) is 6.92 Å². The van der Waals surface area contributed by atoms with Gasteiger partial charge in [0.1, 0.15) is 5.82 Å². The van der Waals surface area contributed by atoms with E-state index < -0.39 is 0 Å². The Labute approximate surface area is 121 Å². The molecule has 2 unspecified atom stereocenters. The Kier molecular flexibility index (Phi) is 5.13. The number of aliphatic hydroxyl groups is 1. The predicted molar refractivity (Wildman–Crippen MR) is 79.4 cm³/mol. The number of piperazine rings is 1. The van der Waals surface area contributed by atoms with Crippen molar-refractivity contribution in [3.63, 3.8) is 0 Å². The van der Waals surface area contributed by atoms with Gasteiger partial charge in [-0.3, -0.25) is 0 Å². The van der Waals surface area contributed by atoms with Crippen LogP contribution in [0.3, 0.4) is 0 Å². The highest BCUT2D eigenvalue weighted by Gasteiger charge is 2.24. The molecule has 1 aliphatic heterocycles. The summed E-state index contributed by atoms with van der Waals surface area (Å²) < 4.78 is 13.1. The van der Waals surface area contributed by atoms with Gasteiger partial charge in [0, 0.05) is 25.7 Å². The van der Waals surface area contributed by atoms with E-state index in [1.165, 1.54) is 12.1 Å². The van der Waals surface area contributed by atoms with Gasteiger partial charge in [-0.25, -0.2) is 4.39 Å². The fraction of sp³-hybridized carbons (Fsp3) is 0.625. The Morgan fingerprint density at radius 3 is 2.80 bits per heavy atom.